The maximum Gasteiger partial charge on any atom is 0.320 e. The first-order chi connectivity index (χ1) is 15.9. The number of nitrogens with one attached hydrogen (secondary N) is 1. The molecule has 8 heteroatoms. The Morgan fingerprint density at radius 3 is 2.73 bits per heavy atom. The van der Waals surface area contributed by atoms with Crippen molar-refractivity contribution in [1.29, 1.82) is 0 Å². The van der Waals surface area contributed by atoms with E-state index in [1.807, 2.05) is 36.4 Å². The number of allylic oxidation sites excluding steroid dienone is 1. The standard InChI is InChI=1S/C25H30FN3O3S/c1-2-20-10-11-21(14-28-20)32-25(18-6-8-19(26)9-7-18)15-29(16-25)33-22-5-3-4-17(12-22)13-23(27)24(30)31/h3-10,12,21,23,28H,2,11,13-16,27H2,1H3,(H,30,31)/t21?,23-/m0/s1. The van der Waals surface area contributed by atoms with Crippen molar-refractivity contribution in [3.8, 4) is 0 Å². The van der Waals surface area contributed by atoms with Crippen LogP contribution in [0.3, 0.4) is 0 Å². The smallest absolute Gasteiger partial charge is 0.320 e. The molecule has 0 aliphatic carbocycles. The second-order valence-corrected chi connectivity index (χ2v) is 9.80. The number of carbonyl (C=O) groups is 1. The van der Waals surface area contributed by atoms with Gasteiger partial charge in [0, 0.05) is 30.2 Å². The summed E-state index contributed by atoms with van der Waals surface area (Å²) >= 11 is 1.61. The first-order valence-corrected chi connectivity index (χ1v) is 12.0. The Morgan fingerprint density at radius 1 is 1.33 bits per heavy atom. The van der Waals surface area contributed by atoms with E-state index in [0.29, 0.717) is 13.1 Å². The van der Waals surface area contributed by atoms with Gasteiger partial charge in [-0.3, -0.25) is 4.79 Å². The molecule has 2 aromatic carbocycles. The van der Waals surface area contributed by atoms with Crippen molar-refractivity contribution in [2.75, 3.05) is 19.6 Å². The monoisotopic (exact) mass is 471 g/mol. The third kappa shape index (κ3) is 5.76. The molecule has 2 atom stereocenters. The molecule has 0 spiro atoms. The van der Waals surface area contributed by atoms with Gasteiger partial charge in [0.1, 0.15) is 17.5 Å². The zero-order chi connectivity index (χ0) is 23.4. The fraction of sp³-hybridized carbons (Fsp3) is 0.400. The topological polar surface area (TPSA) is 87.8 Å². The molecule has 33 heavy (non-hydrogen) atoms. The molecule has 4 N–H and O–H groups in total. The lowest BCUT2D eigenvalue weighted by Gasteiger charge is -2.51. The molecule has 1 saturated heterocycles. The molecule has 2 heterocycles. The van der Waals surface area contributed by atoms with Crippen LogP contribution in [0.1, 0.15) is 30.9 Å². The fourth-order valence-corrected chi connectivity index (χ4v) is 5.43. The maximum atomic E-state index is 13.6. The zero-order valence-corrected chi connectivity index (χ0v) is 19.5. The summed E-state index contributed by atoms with van der Waals surface area (Å²) in [5.74, 6) is -1.26. The van der Waals surface area contributed by atoms with Gasteiger partial charge in [0.15, 0.2) is 0 Å². The number of halogens is 1. The minimum atomic E-state index is -1.00. The molecule has 1 fully saturated rings. The van der Waals surface area contributed by atoms with Crippen LogP contribution in [0.2, 0.25) is 0 Å². The highest BCUT2D eigenvalue weighted by molar-refractivity contribution is 7.97. The van der Waals surface area contributed by atoms with Crippen LogP contribution in [-0.4, -0.2) is 47.2 Å². The van der Waals surface area contributed by atoms with Crippen molar-refractivity contribution in [3.63, 3.8) is 0 Å². The third-order valence-corrected chi connectivity index (χ3v) is 7.08. The zero-order valence-electron chi connectivity index (χ0n) is 18.7. The van der Waals surface area contributed by atoms with E-state index in [1.165, 1.54) is 17.8 Å². The van der Waals surface area contributed by atoms with Gasteiger partial charge in [0.05, 0.1) is 6.10 Å². The van der Waals surface area contributed by atoms with Crippen LogP contribution >= 0.6 is 11.9 Å². The molecule has 4 rings (SSSR count). The van der Waals surface area contributed by atoms with E-state index in [1.54, 1.807) is 11.9 Å². The lowest BCUT2D eigenvalue weighted by Crippen LogP contribution is -2.60. The molecule has 1 unspecified atom stereocenters. The van der Waals surface area contributed by atoms with Gasteiger partial charge in [-0.05, 0) is 66.6 Å². The van der Waals surface area contributed by atoms with E-state index in [9.17, 15) is 9.18 Å². The van der Waals surface area contributed by atoms with Crippen LogP contribution in [0.15, 0.2) is 65.2 Å². The lowest BCUT2D eigenvalue weighted by molar-refractivity contribution is -0.154. The summed E-state index contributed by atoms with van der Waals surface area (Å²) in [5, 5.41) is 12.5. The van der Waals surface area contributed by atoms with E-state index < -0.39 is 17.6 Å². The molecule has 0 radical (unpaired) electrons. The van der Waals surface area contributed by atoms with Crippen LogP contribution in [0.4, 0.5) is 4.39 Å². The molecule has 6 nitrogen and oxygen atoms in total. The molecular formula is C25H30FN3O3S. The Hall–Kier alpha value is -2.39. The van der Waals surface area contributed by atoms with Crippen molar-refractivity contribution in [2.45, 2.75) is 48.8 Å². The summed E-state index contributed by atoms with van der Waals surface area (Å²) in [4.78, 5) is 12.1. The average molecular weight is 472 g/mol. The number of hydrogen-bond acceptors (Lipinski definition) is 6. The van der Waals surface area contributed by atoms with Gasteiger partial charge < -0.3 is 20.9 Å². The van der Waals surface area contributed by atoms with Crippen LogP contribution in [0.25, 0.3) is 0 Å². The van der Waals surface area contributed by atoms with E-state index in [0.717, 1.165) is 35.4 Å². The molecule has 0 aromatic heterocycles. The van der Waals surface area contributed by atoms with Gasteiger partial charge in [-0.1, -0.05) is 37.3 Å². The fourth-order valence-electron chi connectivity index (χ4n) is 4.24. The largest absolute Gasteiger partial charge is 0.480 e. The highest BCUT2D eigenvalue weighted by Gasteiger charge is 2.47. The predicted octanol–water partition coefficient (Wildman–Crippen LogP) is 3.67. The molecule has 0 saturated carbocycles. The summed E-state index contributed by atoms with van der Waals surface area (Å²) in [6, 6.07) is 13.5. The number of benzene rings is 2. The van der Waals surface area contributed by atoms with Crippen LogP contribution in [0.5, 0.6) is 0 Å². The maximum absolute atomic E-state index is 13.6. The van der Waals surface area contributed by atoms with E-state index in [4.69, 9.17) is 15.6 Å². The predicted molar refractivity (Wildman–Crippen MR) is 127 cm³/mol. The lowest BCUT2D eigenvalue weighted by atomic mass is 9.87. The second-order valence-electron chi connectivity index (χ2n) is 8.63. The van der Waals surface area contributed by atoms with E-state index >= 15 is 0 Å². The van der Waals surface area contributed by atoms with Crippen LogP contribution < -0.4 is 11.1 Å². The molecule has 0 bridgehead atoms. The van der Waals surface area contributed by atoms with Gasteiger partial charge in [-0.15, -0.1) is 0 Å². The quantitative estimate of drug-likeness (QED) is 0.481. The Morgan fingerprint density at radius 2 is 2.09 bits per heavy atom. The summed E-state index contributed by atoms with van der Waals surface area (Å²) in [6.45, 7) is 4.24. The Bertz CT molecular complexity index is 1010. The number of hydrogen-bond donors (Lipinski definition) is 3. The molecular weight excluding hydrogens is 441 g/mol. The third-order valence-electron chi connectivity index (χ3n) is 6.10. The summed E-state index contributed by atoms with van der Waals surface area (Å²) < 4.78 is 22.4. The summed E-state index contributed by atoms with van der Waals surface area (Å²) in [6.07, 6.45) is 4.38. The molecule has 2 aromatic rings. The van der Waals surface area contributed by atoms with E-state index in [-0.39, 0.29) is 18.3 Å². The van der Waals surface area contributed by atoms with Gasteiger partial charge in [-0.25, -0.2) is 8.70 Å². The van der Waals surface area contributed by atoms with Gasteiger partial charge in [-0.2, -0.15) is 0 Å². The van der Waals surface area contributed by atoms with Crippen LogP contribution in [-0.2, 0) is 21.6 Å². The van der Waals surface area contributed by atoms with E-state index in [2.05, 4.69) is 22.6 Å². The van der Waals surface area contributed by atoms with Gasteiger partial charge >= 0.3 is 5.97 Å². The highest BCUT2D eigenvalue weighted by Crippen LogP contribution is 2.43. The Kier molecular flexibility index (Phi) is 7.38. The number of carboxylic acids is 1. The molecule has 2 aliphatic rings. The van der Waals surface area contributed by atoms with Crippen molar-refractivity contribution in [2.24, 2.45) is 5.73 Å². The highest BCUT2D eigenvalue weighted by atomic mass is 32.2. The van der Waals surface area contributed by atoms with Crippen LogP contribution in [0, 0.1) is 5.82 Å². The molecule has 0 amide bonds. The summed E-state index contributed by atoms with van der Waals surface area (Å²) in [5.41, 5.74) is 8.31. The minimum absolute atomic E-state index is 0.0540. The van der Waals surface area contributed by atoms with Gasteiger partial charge in [0.25, 0.3) is 0 Å². The number of aliphatic carboxylic acids is 1. The number of nitrogens with zero attached hydrogens (tertiary/aromatic N) is 1. The number of rotatable bonds is 9. The van der Waals surface area contributed by atoms with Crippen molar-refractivity contribution in [3.05, 3.63) is 77.2 Å². The second kappa shape index (κ2) is 10.3. The van der Waals surface area contributed by atoms with Gasteiger partial charge in [0.2, 0.25) is 0 Å². The first-order valence-electron chi connectivity index (χ1n) is 11.2. The van der Waals surface area contributed by atoms with Crippen molar-refractivity contribution in [1.82, 2.24) is 9.62 Å². The summed E-state index contributed by atoms with van der Waals surface area (Å²) in [7, 11) is 0. The van der Waals surface area contributed by atoms with Crippen molar-refractivity contribution >= 4 is 17.9 Å². The minimum Gasteiger partial charge on any atom is -0.480 e. The number of nitrogens with two attached hydrogens (primary N) is 1. The average Bonchev–Trinajstić information content (AvgIpc) is 2.78. The Balaban J connectivity index is 1.44. The number of ether oxygens (including phenoxy) is 1. The number of carboxylic acid groups (broad SMARTS) is 1. The normalized spacial score (nSPS) is 20.9. The first kappa shape index (κ1) is 23.8. The Labute approximate surface area is 198 Å². The SMILES string of the molecule is CCC1=CCC(OC2(c3ccc(F)cc3)CN(Sc3cccc(C[C@H](N)C(=O)O)c3)C2)CN1. The molecule has 2 aliphatic heterocycles. The van der Waals surface area contributed by atoms with Crippen molar-refractivity contribution < 1.29 is 19.0 Å². The molecule has 176 valence electrons.